The van der Waals surface area contributed by atoms with Crippen molar-refractivity contribution in [2.24, 2.45) is 0 Å². The number of nitrogens with one attached hydrogen (secondary N) is 1. The van der Waals surface area contributed by atoms with E-state index in [1.807, 2.05) is 0 Å². The molecule has 96 valence electrons. The summed E-state index contributed by atoms with van der Waals surface area (Å²) in [5, 5.41) is 15.4. The second-order valence-electron chi connectivity index (χ2n) is 3.49. The highest BCUT2D eigenvalue weighted by Gasteiger charge is 2.11. The van der Waals surface area contributed by atoms with Gasteiger partial charge >= 0.3 is 0 Å². The highest BCUT2D eigenvalue weighted by molar-refractivity contribution is 6.30. The lowest BCUT2D eigenvalue weighted by Crippen LogP contribution is -2.13. The average molecular weight is 277 g/mol. The minimum absolute atomic E-state index is 0.163. The summed E-state index contributed by atoms with van der Waals surface area (Å²) in [6.07, 6.45) is 1.31. The molecule has 0 radical (unpaired) electrons. The number of aliphatic hydroxyl groups excluding tert-OH is 1. The number of carbonyl (C=O) groups is 1. The third-order valence-electron chi connectivity index (χ3n) is 2.20. The van der Waals surface area contributed by atoms with Gasteiger partial charge < -0.3 is 14.9 Å². The van der Waals surface area contributed by atoms with Gasteiger partial charge in [0.05, 0.1) is 5.69 Å². The summed E-state index contributed by atoms with van der Waals surface area (Å²) in [7, 11) is 0. The van der Waals surface area contributed by atoms with Gasteiger partial charge in [-0.25, -0.2) is 0 Å². The van der Waals surface area contributed by atoms with E-state index in [9.17, 15) is 4.79 Å². The lowest BCUT2D eigenvalue weighted by molar-refractivity contribution is 0.101. The summed E-state index contributed by atoms with van der Waals surface area (Å²) in [4.78, 5) is 11.8. The zero-order valence-electron chi connectivity index (χ0n) is 9.68. The molecule has 0 aliphatic heterocycles. The number of anilines is 1. The molecular weight excluding hydrogens is 268 g/mol. The van der Waals surface area contributed by atoms with E-state index in [4.69, 9.17) is 16.7 Å². The molecule has 1 aromatic heterocycles. The molecule has 0 spiro atoms. The number of amides is 1. The Labute approximate surface area is 114 Å². The topological polar surface area (TPSA) is 75.4 Å². The largest absolute Gasteiger partial charge is 0.384 e. The predicted octanol–water partition coefficient (Wildman–Crippen LogP) is 1.92. The van der Waals surface area contributed by atoms with Gasteiger partial charge in [-0.15, -0.1) is 0 Å². The Morgan fingerprint density at radius 3 is 3.00 bits per heavy atom. The Morgan fingerprint density at radius 1 is 1.47 bits per heavy atom. The third-order valence-corrected chi connectivity index (χ3v) is 2.44. The zero-order valence-corrected chi connectivity index (χ0v) is 10.4. The highest BCUT2D eigenvalue weighted by Crippen LogP contribution is 2.20. The van der Waals surface area contributed by atoms with E-state index in [0.717, 1.165) is 0 Å². The monoisotopic (exact) mass is 276 g/mol. The maximum Gasteiger partial charge on any atom is 0.277 e. The maximum absolute atomic E-state index is 11.8. The van der Waals surface area contributed by atoms with Gasteiger partial charge in [-0.05, 0) is 18.2 Å². The molecular formula is C13H9ClN2O3. The van der Waals surface area contributed by atoms with Crippen molar-refractivity contribution in [3.8, 4) is 11.8 Å². The van der Waals surface area contributed by atoms with E-state index < -0.39 is 5.91 Å². The van der Waals surface area contributed by atoms with Crippen LogP contribution in [0.5, 0.6) is 0 Å². The summed E-state index contributed by atoms with van der Waals surface area (Å²) >= 11 is 5.86. The molecule has 0 bridgehead atoms. The summed E-state index contributed by atoms with van der Waals surface area (Å²) in [5.41, 5.74) is 1.16. The highest BCUT2D eigenvalue weighted by atomic mass is 35.5. The molecule has 0 unspecified atom stereocenters. The summed E-state index contributed by atoms with van der Waals surface area (Å²) in [5.74, 6) is 4.80. The van der Waals surface area contributed by atoms with Crippen LogP contribution in [0.4, 0.5) is 5.69 Å². The van der Waals surface area contributed by atoms with E-state index in [2.05, 4.69) is 26.8 Å². The third kappa shape index (κ3) is 3.35. The Morgan fingerprint density at radius 2 is 2.32 bits per heavy atom. The fraction of sp³-hybridized carbons (Fsp3) is 0.0769. The number of aromatic nitrogens is 1. The van der Waals surface area contributed by atoms with Crippen LogP contribution in [0.1, 0.15) is 16.1 Å². The number of aliphatic hydroxyl groups is 1. The number of rotatable bonds is 2. The van der Waals surface area contributed by atoms with E-state index in [1.54, 1.807) is 18.2 Å². The molecule has 6 heteroatoms. The zero-order chi connectivity index (χ0) is 13.7. The smallest absolute Gasteiger partial charge is 0.277 e. The molecule has 0 saturated carbocycles. The average Bonchev–Trinajstić information content (AvgIpc) is 2.93. The second-order valence-corrected chi connectivity index (χ2v) is 3.93. The number of hydrogen-bond donors (Lipinski definition) is 2. The van der Waals surface area contributed by atoms with Crippen LogP contribution in [0.25, 0.3) is 0 Å². The van der Waals surface area contributed by atoms with Crippen LogP contribution in [-0.4, -0.2) is 22.8 Å². The van der Waals surface area contributed by atoms with Gasteiger partial charge in [0.1, 0.15) is 12.9 Å². The van der Waals surface area contributed by atoms with Crippen LogP contribution in [0.2, 0.25) is 5.02 Å². The first-order valence-corrected chi connectivity index (χ1v) is 5.69. The van der Waals surface area contributed by atoms with Gasteiger partial charge in [-0.1, -0.05) is 28.6 Å². The van der Waals surface area contributed by atoms with Crippen LogP contribution in [-0.2, 0) is 0 Å². The van der Waals surface area contributed by atoms with Crippen molar-refractivity contribution in [3.05, 3.63) is 46.8 Å². The molecule has 0 saturated heterocycles. The minimum atomic E-state index is -0.414. The van der Waals surface area contributed by atoms with Crippen LogP contribution in [0.3, 0.4) is 0 Å². The minimum Gasteiger partial charge on any atom is -0.384 e. The standard InChI is InChI=1S/C13H9ClN2O3/c14-10-3-4-11(9(8-10)2-1-6-17)15-13(18)12-5-7-19-16-12/h3-5,7-8,17H,6H2,(H,15,18). The number of benzene rings is 1. The molecule has 1 aromatic carbocycles. The van der Waals surface area contributed by atoms with Gasteiger partial charge in [0, 0.05) is 16.7 Å². The number of halogens is 1. The molecule has 1 amide bonds. The van der Waals surface area contributed by atoms with Crippen molar-refractivity contribution in [3.63, 3.8) is 0 Å². The molecule has 2 N–H and O–H groups in total. The van der Waals surface area contributed by atoms with E-state index in [-0.39, 0.29) is 12.3 Å². The first-order valence-electron chi connectivity index (χ1n) is 5.31. The quantitative estimate of drug-likeness (QED) is 0.822. The summed E-state index contributed by atoms with van der Waals surface area (Å²) < 4.78 is 4.59. The lowest BCUT2D eigenvalue weighted by Gasteiger charge is -2.06. The molecule has 0 aliphatic carbocycles. The van der Waals surface area contributed by atoms with Crippen molar-refractivity contribution in [2.45, 2.75) is 0 Å². The number of nitrogens with zero attached hydrogens (tertiary/aromatic N) is 1. The van der Waals surface area contributed by atoms with E-state index >= 15 is 0 Å². The molecule has 0 fully saturated rings. The summed E-state index contributed by atoms with van der Waals surface area (Å²) in [6.45, 7) is -0.275. The predicted molar refractivity (Wildman–Crippen MR) is 69.9 cm³/mol. The van der Waals surface area contributed by atoms with Crippen molar-refractivity contribution >= 4 is 23.2 Å². The van der Waals surface area contributed by atoms with Gasteiger partial charge in [-0.3, -0.25) is 4.79 Å². The molecule has 5 nitrogen and oxygen atoms in total. The fourth-order valence-electron chi connectivity index (χ4n) is 1.38. The van der Waals surface area contributed by atoms with Crippen molar-refractivity contribution in [2.75, 3.05) is 11.9 Å². The first kappa shape index (κ1) is 13.1. The second kappa shape index (κ2) is 6.05. The maximum atomic E-state index is 11.8. The Kier molecular flexibility index (Phi) is 4.18. The van der Waals surface area contributed by atoms with Crippen LogP contribution in [0.15, 0.2) is 35.1 Å². The SMILES string of the molecule is O=C(Nc1ccc(Cl)cc1C#CCO)c1ccon1. The van der Waals surface area contributed by atoms with E-state index in [1.165, 1.54) is 12.3 Å². The molecule has 19 heavy (non-hydrogen) atoms. The van der Waals surface area contributed by atoms with Crippen LogP contribution in [0, 0.1) is 11.8 Å². The molecule has 0 atom stereocenters. The molecule has 2 rings (SSSR count). The Bertz CT molecular complexity index is 642. The van der Waals surface area contributed by atoms with Crippen molar-refractivity contribution in [1.82, 2.24) is 5.16 Å². The van der Waals surface area contributed by atoms with Gasteiger partial charge in [0.2, 0.25) is 0 Å². The Hall–Kier alpha value is -2.29. The molecule has 2 aromatic rings. The van der Waals surface area contributed by atoms with Gasteiger partial charge in [0.25, 0.3) is 5.91 Å². The van der Waals surface area contributed by atoms with E-state index in [0.29, 0.717) is 16.3 Å². The molecule has 1 heterocycles. The Balaban J connectivity index is 2.27. The van der Waals surface area contributed by atoms with Crippen LogP contribution >= 0.6 is 11.6 Å². The number of carbonyl (C=O) groups excluding carboxylic acids is 1. The fourth-order valence-corrected chi connectivity index (χ4v) is 1.55. The van der Waals surface area contributed by atoms with Crippen LogP contribution < -0.4 is 5.32 Å². The summed E-state index contributed by atoms with van der Waals surface area (Å²) in [6, 6.07) is 6.30. The van der Waals surface area contributed by atoms with Crippen molar-refractivity contribution < 1.29 is 14.4 Å². The van der Waals surface area contributed by atoms with Gasteiger partial charge in [-0.2, -0.15) is 0 Å². The van der Waals surface area contributed by atoms with Gasteiger partial charge in [0.15, 0.2) is 5.69 Å². The number of hydrogen-bond acceptors (Lipinski definition) is 4. The lowest BCUT2D eigenvalue weighted by atomic mass is 10.1. The normalized spacial score (nSPS) is 9.58. The van der Waals surface area contributed by atoms with Crippen molar-refractivity contribution in [1.29, 1.82) is 0 Å². The molecule has 0 aliphatic rings. The first-order chi connectivity index (χ1) is 9.20.